The first-order valence-electron chi connectivity index (χ1n) is 18.0. The fourth-order valence-corrected chi connectivity index (χ4v) is 7.43. The average molecular weight is 805 g/mol. The lowest BCUT2D eigenvalue weighted by molar-refractivity contribution is -0.138. The fourth-order valence-electron chi connectivity index (χ4n) is 7.43. The van der Waals surface area contributed by atoms with Crippen molar-refractivity contribution < 1.29 is 57.0 Å². The maximum absolute atomic E-state index is 13.5. The van der Waals surface area contributed by atoms with Gasteiger partial charge in [-0.3, -0.25) is 9.98 Å². The van der Waals surface area contributed by atoms with Gasteiger partial charge >= 0.3 is 12.4 Å². The molecule has 58 heavy (non-hydrogen) atoms. The van der Waals surface area contributed by atoms with E-state index in [-0.39, 0.29) is 66.3 Å². The number of aryl methyl sites for hydroxylation is 2. The molecule has 6 aromatic carbocycles. The van der Waals surface area contributed by atoms with E-state index in [1.54, 1.807) is 53.7 Å². The zero-order valence-corrected chi connectivity index (χ0v) is 31.9. The van der Waals surface area contributed by atoms with Crippen LogP contribution in [0.15, 0.2) is 70.6 Å². The van der Waals surface area contributed by atoms with Crippen molar-refractivity contribution in [3.8, 4) is 45.6 Å². The lowest BCUT2D eigenvalue weighted by Crippen LogP contribution is -2.03. The first-order chi connectivity index (χ1) is 27.0. The van der Waals surface area contributed by atoms with Crippen molar-refractivity contribution in [1.82, 2.24) is 0 Å². The van der Waals surface area contributed by atoms with Gasteiger partial charge in [0.15, 0.2) is 23.0 Å². The highest BCUT2D eigenvalue weighted by Crippen LogP contribution is 2.54. The molecule has 0 fully saturated rings. The number of benzene rings is 6. The largest absolute Gasteiger partial charge is 0.507 e. The summed E-state index contributed by atoms with van der Waals surface area (Å²) in [6, 6.07) is 11.4. The average Bonchev–Trinajstić information content (AvgIpc) is 3.13. The molecular weight excluding hydrogens is 766 g/mol. The van der Waals surface area contributed by atoms with E-state index >= 15 is 0 Å². The molecule has 0 radical (unpaired) electrons. The van der Waals surface area contributed by atoms with E-state index in [2.05, 4.69) is 9.98 Å². The Morgan fingerprint density at radius 3 is 1.16 bits per heavy atom. The molecule has 0 bridgehead atoms. The van der Waals surface area contributed by atoms with Crippen molar-refractivity contribution in [2.75, 3.05) is 0 Å². The van der Waals surface area contributed by atoms with E-state index in [1.807, 2.05) is 0 Å². The zero-order chi connectivity index (χ0) is 42.8. The molecular formula is C44H38F6N2O6. The van der Waals surface area contributed by atoms with Gasteiger partial charge in [-0.25, -0.2) is 0 Å². The molecule has 0 aromatic heterocycles. The minimum Gasteiger partial charge on any atom is -0.507 e. The third-order valence-corrected chi connectivity index (χ3v) is 10.0. The summed E-state index contributed by atoms with van der Waals surface area (Å²) < 4.78 is 80.9. The SMILES string of the molecule is Cc1cc2c(C(C)C)c(O)c(O)c(/C=N/c3cccc(C(F)(F)F)c3)c2c(O)c1-c1c(C)cc2c(C(C)C)c(O)c(O)c(/C=N/c3cccc(C(F)(F)F)c3)c2c1O. The summed E-state index contributed by atoms with van der Waals surface area (Å²) in [4.78, 5) is 8.31. The van der Waals surface area contributed by atoms with Crippen LogP contribution in [0.4, 0.5) is 37.7 Å². The minimum absolute atomic E-state index is 0.0253. The van der Waals surface area contributed by atoms with E-state index in [0.717, 1.165) is 48.8 Å². The third kappa shape index (κ3) is 7.18. The van der Waals surface area contributed by atoms with Gasteiger partial charge < -0.3 is 30.6 Å². The Morgan fingerprint density at radius 2 is 0.845 bits per heavy atom. The van der Waals surface area contributed by atoms with Gasteiger partial charge in [-0.1, -0.05) is 52.0 Å². The molecule has 0 unspecified atom stereocenters. The van der Waals surface area contributed by atoms with Crippen LogP contribution in [-0.4, -0.2) is 43.1 Å². The molecule has 6 N–H and O–H groups in total. The van der Waals surface area contributed by atoms with Gasteiger partial charge in [-0.2, -0.15) is 26.3 Å². The van der Waals surface area contributed by atoms with Crippen molar-refractivity contribution in [2.45, 2.75) is 65.7 Å². The number of aromatic hydroxyl groups is 6. The summed E-state index contributed by atoms with van der Waals surface area (Å²) in [5.41, 5.74) is -1.48. The Morgan fingerprint density at radius 1 is 0.500 bits per heavy atom. The molecule has 14 heteroatoms. The first kappa shape index (κ1) is 41.2. The summed E-state index contributed by atoms with van der Waals surface area (Å²) in [6.07, 6.45) is -7.31. The molecule has 0 heterocycles. The lowest BCUT2D eigenvalue weighted by Gasteiger charge is -2.23. The number of phenols is 6. The fraction of sp³-hybridized carbons (Fsp3) is 0.227. The number of halogens is 6. The summed E-state index contributed by atoms with van der Waals surface area (Å²) >= 11 is 0. The van der Waals surface area contributed by atoms with Crippen LogP contribution < -0.4 is 0 Å². The number of aliphatic imine (C=N–C) groups is 2. The summed E-state index contributed by atoms with van der Waals surface area (Å²) in [6.45, 7) is 10.2. The number of hydrogen-bond donors (Lipinski definition) is 6. The summed E-state index contributed by atoms with van der Waals surface area (Å²) in [7, 11) is 0. The van der Waals surface area contributed by atoms with Crippen LogP contribution in [-0.2, 0) is 12.4 Å². The quantitative estimate of drug-likeness (QED) is 0.0538. The smallest absolute Gasteiger partial charge is 0.416 e. The molecule has 0 atom stereocenters. The maximum Gasteiger partial charge on any atom is 0.416 e. The Bertz CT molecular complexity index is 2510. The van der Waals surface area contributed by atoms with E-state index in [1.165, 1.54) is 12.1 Å². The van der Waals surface area contributed by atoms with Gasteiger partial charge in [0.25, 0.3) is 0 Å². The number of alkyl halides is 6. The topological polar surface area (TPSA) is 146 Å². The van der Waals surface area contributed by atoms with Crippen molar-refractivity contribution in [3.63, 3.8) is 0 Å². The summed E-state index contributed by atoms with van der Waals surface area (Å²) in [5.74, 6) is -4.38. The number of fused-ring (bicyclic) bond motifs is 2. The number of phenolic OH excluding ortho intramolecular Hbond substituents is 6. The predicted octanol–water partition coefficient (Wildman–Crippen LogP) is 12.3. The predicted molar refractivity (Wildman–Crippen MR) is 212 cm³/mol. The van der Waals surface area contributed by atoms with Crippen LogP contribution in [0.2, 0.25) is 0 Å². The van der Waals surface area contributed by atoms with Crippen LogP contribution in [0.5, 0.6) is 34.5 Å². The van der Waals surface area contributed by atoms with Gasteiger partial charge in [0, 0.05) is 45.5 Å². The van der Waals surface area contributed by atoms with Crippen molar-refractivity contribution >= 4 is 45.3 Å². The highest BCUT2D eigenvalue weighted by Gasteiger charge is 2.32. The van der Waals surface area contributed by atoms with Gasteiger partial charge in [0.05, 0.1) is 33.6 Å². The summed E-state index contributed by atoms with van der Waals surface area (Å²) in [5, 5.41) is 70.2. The molecule has 0 spiro atoms. The van der Waals surface area contributed by atoms with Crippen molar-refractivity contribution in [1.29, 1.82) is 0 Å². The monoisotopic (exact) mass is 804 g/mol. The van der Waals surface area contributed by atoms with Gasteiger partial charge in [-0.05, 0) is 84.0 Å². The molecule has 0 aliphatic rings. The Labute approximate surface area is 328 Å². The van der Waals surface area contributed by atoms with E-state index in [4.69, 9.17) is 0 Å². The Kier molecular flexibility index (Phi) is 10.5. The molecule has 0 amide bonds. The first-order valence-corrected chi connectivity index (χ1v) is 18.0. The second kappa shape index (κ2) is 14.8. The molecule has 0 aliphatic carbocycles. The lowest BCUT2D eigenvalue weighted by atomic mass is 9.83. The molecule has 0 saturated carbocycles. The molecule has 6 aromatic rings. The van der Waals surface area contributed by atoms with Crippen LogP contribution in [0.3, 0.4) is 0 Å². The Hall–Kier alpha value is -6.44. The van der Waals surface area contributed by atoms with Crippen molar-refractivity contribution in [3.05, 3.63) is 105 Å². The van der Waals surface area contributed by atoms with Crippen LogP contribution in [0.25, 0.3) is 32.7 Å². The van der Waals surface area contributed by atoms with E-state index < -0.39 is 69.8 Å². The number of rotatable bonds is 7. The molecule has 6 rings (SSSR count). The maximum atomic E-state index is 13.5. The molecule has 8 nitrogen and oxygen atoms in total. The van der Waals surface area contributed by atoms with Gasteiger partial charge in [-0.15, -0.1) is 0 Å². The zero-order valence-electron chi connectivity index (χ0n) is 31.9. The van der Waals surface area contributed by atoms with Crippen LogP contribution in [0.1, 0.15) is 84.0 Å². The highest BCUT2D eigenvalue weighted by molar-refractivity contribution is 6.15. The second-order valence-corrected chi connectivity index (χ2v) is 14.7. The van der Waals surface area contributed by atoms with Gasteiger partial charge in [0.2, 0.25) is 0 Å². The van der Waals surface area contributed by atoms with Crippen LogP contribution in [0, 0.1) is 13.8 Å². The molecule has 0 saturated heterocycles. The number of hydrogen-bond acceptors (Lipinski definition) is 8. The molecule has 302 valence electrons. The van der Waals surface area contributed by atoms with E-state index in [9.17, 15) is 57.0 Å². The number of nitrogens with zero attached hydrogens (tertiary/aromatic N) is 2. The van der Waals surface area contributed by atoms with Gasteiger partial charge in [0.1, 0.15) is 11.5 Å². The minimum atomic E-state index is -4.67. The molecule has 0 aliphatic heterocycles. The second-order valence-electron chi connectivity index (χ2n) is 14.7. The van der Waals surface area contributed by atoms with Crippen molar-refractivity contribution in [2.24, 2.45) is 9.98 Å². The van der Waals surface area contributed by atoms with Crippen LogP contribution >= 0.6 is 0 Å². The standard InChI is InChI=1S/C44H38F6N2O6/c1-19(2)31-27-13-21(5)33(39(55)35(27)29(37(53)41(31)57)17-51-25-11-7-9-23(15-25)43(45,46)47)34-22(6)14-28-32(20(3)4)42(58)38(54)30(36(28)40(34)56)18-52-26-12-8-10-24(16-26)44(48,49)50/h7-20,53-58H,1-6H3/b51-17+,52-18+. The third-order valence-electron chi connectivity index (χ3n) is 10.0. The highest BCUT2D eigenvalue weighted by atomic mass is 19.4. The van der Waals surface area contributed by atoms with E-state index in [0.29, 0.717) is 11.1 Å². The Balaban J connectivity index is 1.69. The normalized spacial score (nSPS) is 12.7.